The van der Waals surface area contributed by atoms with Crippen molar-refractivity contribution >= 4 is 39.3 Å². The van der Waals surface area contributed by atoms with Crippen LogP contribution in [0.1, 0.15) is 11.4 Å². The van der Waals surface area contributed by atoms with Gasteiger partial charge in [-0.2, -0.15) is 0 Å². The van der Waals surface area contributed by atoms with Gasteiger partial charge in [0.1, 0.15) is 0 Å². The van der Waals surface area contributed by atoms with Crippen molar-refractivity contribution in [2.75, 3.05) is 0 Å². The van der Waals surface area contributed by atoms with Crippen LogP contribution in [0, 0.1) is 10.1 Å². The van der Waals surface area contributed by atoms with Crippen molar-refractivity contribution in [1.82, 2.24) is 9.97 Å². The minimum atomic E-state index is -0.485. The van der Waals surface area contributed by atoms with Crippen LogP contribution in [0.5, 0.6) is 0 Å². The van der Waals surface area contributed by atoms with Crippen molar-refractivity contribution < 1.29 is 4.92 Å². The van der Waals surface area contributed by atoms with Crippen molar-refractivity contribution in [3.63, 3.8) is 0 Å². The summed E-state index contributed by atoms with van der Waals surface area (Å²) >= 11 is 6.20. The molecule has 7 heteroatoms. The average Bonchev–Trinajstić information content (AvgIpc) is 2.55. The molecular formula is C16H10ClN3O3. The van der Waals surface area contributed by atoms with E-state index in [0.717, 1.165) is 0 Å². The summed E-state index contributed by atoms with van der Waals surface area (Å²) < 4.78 is 0. The second-order valence-corrected chi connectivity index (χ2v) is 5.18. The molecule has 23 heavy (non-hydrogen) atoms. The molecule has 0 saturated heterocycles. The fourth-order valence-corrected chi connectivity index (χ4v) is 2.36. The second kappa shape index (κ2) is 6.02. The van der Waals surface area contributed by atoms with Crippen molar-refractivity contribution in [1.29, 1.82) is 0 Å². The third kappa shape index (κ3) is 3.12. The number of hydrogen-bond acceptors (Lipinski definition) is 4. The molecule has 0 radical (unpaired) electrons. The highest BCUT2D eigenvalue weighted by Crippen LogP contribution is 2.22. The van der Waals surface area contributed by atoms with E-state index in [2.05, 4.69) is 9.97 Å². The molecule has 0 spiro atoms. The van der Waals surface area contributed by atoms with Gasteiger partial charge in [-0.05, 0) is 23.8 Å². The van der Waals surface area contributed by atoms with E-state index in [1.54, 1.807) is 36.4 Å². The molecule has 0 amide bonds. The SMILES string of the molecule is O=c1[nH]c(/C(Cl)=C/c2cccc([N+](=O)[O-])c2)nc2ccccc12. The molecule has 0 atom stereocenters. The molecule has 1 heterocycles. The molecule has 114 valence electrons. The van der Waals surface area contributed by atoms with Crippen LogP contribution in [0.15, 0.2) is 53.3 Å². The van der Waals surface area contributed by atoms with Crippen LogP contribution in [0.2, 0.25) is 0 Å². The lowest BCUT2D eigenvalue weighted by atomic mass is 10.2. The van der Waals surface area contributed by atoms with Crippen LogP contribution >= 0.6 is 11.6 Å². The number of para-hydroxylation sites is 1. The molecule has 1 N–H and O–H groups in total. The molecule has 3 rings (SSSR count). The van der Waals surface area contributed by atoms with E-state index in [4.69, 9.17) is 11.6 Å². The van der Waals surface area contributed by atoms with Gasteiger partial charge in [-0.3, -0.25) is 14.9 Å². The zero-order chi connectivity index (χ0) is 16.4. The Morgan fingerprint density at radius 3 is 2.78 bits per heavy atom. The van der Waals surface area contributed by atoms with Crippen molar-refractivity contribution in [2.24, 2.45) is 0 Å². The smallest absolute Gasteiger partial charge is 0.270 e. The first-order chi connectivity index (χ1) is 11.0. The van der Waals surface area contributed by atoms with Gasteiger partial charge in [0.15, 0.2) is 5.82 Å². The summed E-state index contributed by atoms with van der Waals surface area (Å²) in [7, 11) is 0. The lowest BCUT2D eigenvalue weighted by Crippen LogP contribution is -2.10. The first-order valence-electron chi connectivity index (χ1n) is 6.66. The molecule has 2 aromatic carbocycles. The zero-order valence-corrected chi connectivity index (χ0v) is 12.4. The summed E-state index contributed by atoms with van der Waals surface area (Å²) in [5, 5.41) is 11.4. The van der Waals surface area contributed by atoms with Crippen LogP contribution in [0.3, 0.4) is 0 Å². The van der Waals surface area contributed by atoms with Gasteiger partial charge < -0.3 is 4.98 Å². The largest absolute Gasteiger partial charge is 0.305 e. The van der Waals surface area contributed by atoms with E-state index in [-0.39, 0.29) is 22.1 Å². The minimum Gasteiger partial charge on any atom is -0.305 e. The van der Waals surface area contributed by atoms with E-state index in [0.29, 0.717) is 16.5 Å². The number of aromatic nitrogens is 2. The van der Waals surface area contributed by atoms with Gasteiger partial charge in [0.05, 0.1) is 20.9 Å². The maximum atomic E-state index is 12.0. The highest BCUT2D eigenvalue weighted by Gasteiger charge is 2.08. The van der Waals surface area contributed by atoms with Crippen LogP contribution in [0.4, 0.5) is 5.69 Å². The Morgan fingerprint density at radius 2 is 2.00 bits per heavy atom. The minimum absolute atomic E-state index is 0.0387. The summed E-state index contributed by atoms with van der Waals surface area (Å²) in [6.45, 7) is 0. The third-order valence-corrected chi connectivity index (χ3v) is 3.50. The van der Waals surface area contributed by atoms with Gasteiger partial charge >= 0.3 is 0 Å². The molecule has 6 nitrogen and oxygen atoms in total. The molecule has 0 aliphatic heterocycles. The Labute approximate surface area is 135 Å². The quantitative estimate of drug-likeness (QED) is 0.588. The monoisotopic (exact) mass is 327 g/mol. The summed E-state index contributed by atoms with van der Waals surface area (Å²) in [5.74, 6) is 0.210. The summed E-state index contributed by atoms with van der Waals surface area (Å²) in [5.41, 5.74) is 0.733. The third-order valence-electron chi connectivity index (χ3n) is 3.21. The maximum absolute atomic E-state index is 12.0. The first kappa shape index (κ1) is 14.9. The fraction of sp³-hybridized carbons (Fsp3) is 0. The first-order valence-corrected chi connectivity index (χ1v) is 7.03. The zero-order valence-electron chi connectivity index (χ0n) is 11.7. The maximum Gasteiger partial charge on any atom is 0.270 e. The van der Waals surface area contributed by atoms with Gasteiger partial charge in [0, 0.05) is 12.1 Å². The number of benzene rings is 2. The summed E-state index contributed by atoms with van der Waals surface area (Å²) in [6.07, 6.45) is 1.52. The fourth-order valence-electron chi connectivity index (χ4n) is 2.14. The molecule has 0 fully saturated rings. The van der Waals surface area contributed by atoms with E-state index >= 15 is 0 Å². The van der Waals surface area contributed by atoms with E-state index < -0.39 is 4.92 Å². The van der Waals surface area contributed by atoms with Crippen LogP contribution in [0.25, 0.3) is 22.0 Å². The highest BCUT2D eigenvalue weighted by molar-refractivity contribution is 6.50. The predicted molar refractivity (Wildman–Crippen MR) is 89.2 cm³/mol. The number of aromatic amines is 1. The molecular weight excluding hydrogens is 318 g/mol. The molecule has 1 aromatic heterocycles. The number of nitrogens with one attached hydrogen (secondary N) is 1. The molecule has 0 aliphatic rings. The Morgan fingerprint density at radius 1 is 1.22 bits per heavy atom. The standard InChI is InChI=1S/C16H10ClN3O3/c17-13(9-10-4-3-5-11(8-10)20(22)23)15-18-14-7-2-1-6-12(14)16(21)19-15/h1-9H,(H,18,19,21)/b13-9-. The number of hydrogen-bond donors (Lipinski definition) is 1. The Bertz CT molecular complexity index is 995. The second-order valence-electron chi connectivity index (χ2n) is 4.78. The van der Waals surface area contributed by atoms with Crippen LogP contribution in [-0.2, 0) is 0 Å². The molecule has 0 bridgehead atoms. The number of non-ortho nitro benzene ring substituents is 1. The van der Waals surface area contributed by atoms with E-state index in [1.807, 2.05) is 0 Å². The van der Waals surface area contributed by atoms with Crippen LogP contribution in [-0.4, -0.2) is 14.9 Å². The van der Waals surface area contributed by atoms with Gasteiger partial charge in [0.25, 0.3) is 11.2 Å². The number of H-pyrrole nitrogens is 1. The average molecular weight is 328 g/mol. The van der Waals surface area contributed by atoms with Crippen molar-refractivity contribution in [3.05, 3.63) is 80.4 Å². The van der Waals surface area contributed by atoms with Crippen molar-refractivity contribution in [3.8, 4) is 0 Å². The number of nitro benzene ring substituents is 1. The molecule has 0 unspecified atom stereocenters. The highest BCUT2D eigenvalue weighted by atomic mass is 35.5. The topological polar surface area (TPSA) is 88.9 Å². The summed E-state index contributed by atoms with van der Waals surface area (Å²) in [6, 6.07) is 12.9. The molecule has 3 aromatic rings. The lowest BCUT2D eigenvalue weighted by molar-refractivity contribution is -0.384. The van der Waals surface area contributed by atoms with Gasteiger partial charge in [-0.25, -0.2) is 4.98 Å². The number of rotatable bonds is 3. The number of nitro groups is 1. The predicted octanol–water partition coefficient (Wildman–Crippen LogP) is 3.57. The molecule has 0 aliphatic carbocycles. The number of nitrogens with zero attached hydrogens (tertiary/aromatic N) is 2. The van der Waals surface area contributed by atoms with Crippen molar-refractivity contribution in [2.45, 2.75) is 0 Å². The van der Waals surface area contributed by atoms with E-state index in [1.165, 1.54) is 18.2 Å². The Hall–Kier alpha value is -2.99. The van der Waals surface area contributed by atoms with Gasteiger partial charge in [0.2, 0.25) is 0 Å². The number of fused-ring (bicyclic) bond motifs is 1. The van der Waals surface area contributed by atoms with E-state index in [9.17, 15) is 14.9 Å². The Kier molecular flexibility index (Phi) is 3.91. The van der Waals surface area contributed by atoms with Gasteiger partial charge in [-0.15, -0.1) is 0 Å². The summed E-state index contributed by atoms with van der Waals surface area (Å²) in [4.78, 5) is 29.2. The van der Waals surface area contributed by atoms with Crippen LogP contribution < -0.4 is 5.56 Å². The van der Waals surface area contributed by atoms with Gasteiger partial charge in [-0.1, -0.05) is 35.9 Å². The Balaban J connectivity index is 2.06. The number of halogens is 1. The lowest BCUT2D eigenvalue weighted by Gasteiger charge is -2.02. The normalized spacial score (nSPS) is 11.6. The molecule has 0 saturated carbocycles.